The predicted octanol–water partition coefficient (Wildman–Crippen LogP) is 1.83. The number of nitrogens with one attached hydrogen (secondary N) is 1. The van der Waals surface area contributed by atoms with Crippen molar-refractivity contribution < 1.29 is 14.3 Å². The van der Waals surface area contributed by atoms with E-state index >= 15 is 0 Å². The third-order valence-corrected chi connectivity index (χ3v) is 2.59. The molecule has 0 spiro atoms. The molecule has 2 heterocycles. The van der Waals surface area contributed by atoms with Crippen LogP contribution in [-0.2, 0) is 4.74 Å². The first-order valence-corrected chi connectivity index (χ1v) is 6.65. The van der Waals surface area contributed by atoms with E-state index in [4.69, 9.17) is 4.74 Å². The molecule has 2 aromatic heterocycles. The third kappa shape index (κ3) is 4.01. The largest absolute Gasteiger partial charge is 0.444 e. The van der Waals surface area contributed by atoms with Crippen molar-refractivity contribution in [2.45, 2.75) is 32.8 Å². The summed E-state index contributed by atoms with van der Waals surface area (Å²) in [5.74, 6) is 0.354. The average Bonchev–Trinajstić information content (AvgIpc) is 2.80. The van der Waals surface area contributed by atoms with E-state index in [1.54, 1.807) is 43.6 Å². The molecule has 0 atom stereocenters. The molecule has 7 heteroatoms. The van der Waals surface area contributed by atoms with E-state index in [-0.39, 0.29) is 18.7 Å². The van der Waals surface area contributed by atoms with Crippen molar-refractivity contribution in [3.05, 3.63) is 30.4 Å². The van der Waals surface area contributed by atoms with Gasteiger partial charge in [0, 0.05) is 25.4 Å². The van der Waals surface area contributed by atoms with E-state index in [1.165, 1.54) is 6.20 Å². The van der Waals surface area contributed by atoms with Gasteiger partial charge in [-0.2, -0.15) is 0 Å². The topological polar surface area (TPSA) is 85.6 Å². The Morgan fingerprint density at radius 3 is 2.81 bits per heavy atom. The van der Waals surface area contributed by atoms with E-state index in [0.29, 0.717) is 11.5 Å². The number of alkyl carbamates (subject to hydrolysis) is 1. The summed E-state index contributed by atoms with van der Waals surface area (Å²) in [6.07, 6.45) is 4.46. The Bertz CT molecular complexity index is 658. The van der Waals surface area contributed by atoms with Crippen LogP contribution in [0.3, 0.4) is 0 Å². The standard InChI is InChI=1S/C14H18N4O3/c1-14(2,3)21-13(20)16-7-5-11(19)10-9-17-12-15-6-4-8-18(10)12/h4,6,8-9H,5,7H2,1-3H3,(H,16,20). The Kier molecular flexibility index (Phi) is 4.21. The smallest absolute Gasteiger partial charge is 0.407 e. The Balaban J connectivity index is 1.89. The molecule has 0 unspecified atom stereocenters. The number of carbonyl (C=O) groups excluding carboxylic acids is 2. The molecule has 0 aliphatic carbocycles. The molecular formula is C14H18N4O3. The van der Waals surface area contributed by atoms with Gasteiger partial charge in [0.05, 0.1) is 6.20 Å². The van der Waals surface area contributed by atoms with Crippen molar-refractivity contribution in [3.8, 4) is 0 Å². The predicted molar refractivity (Wildman–Crippen MR) is 76.2 cm³/mol. The number of nitrogens with zero attached hydrogens (tertiary/aromatic N) is 3. The minimum absolute atomic E-state index is 0.119. The number of hydrogen-bond donors (Lipinski definition) is 1. The Morgan fingerprint density at radius 2 is 2.10 bits per heavy atom. The second-order valence-electron chi connectivity index (χ2n) is 5.53. The van der Waals surface area contributed by atoms with Gasteiger partial charge < -0.3 is 10.1 Å². The lowest BCUT2D eigenvalue weighted by Gasteiger charge is -2.19. The highest BCUT2D eigenvalue weighted by Gasteiger charge is 2.17. The zero-order chi connectivity index (χ0) is 15.5. The number of rotatable bonds is 4. The van der Waals surface area contributed by atoms with Crippen LogP contribution in [-0.4, -0.2) is 38.4 Å². The van der Waals surface area contributed by atoms with Gasteiger partial charge in [0.1, 0.15) is 11.3 Å². The van der Waals surface area contributed by atoms with Crippen LogP contribution >= 0.6 is 0 Å². The molecule has 2 aromatic rings. The molecule has 21 heavy (non-hydrogen) atoms. The van der Waals surface area contributed by atoms with Gasteiger partial charge in [0.2, 0.25) is 5.78 Å². The highest BCUT2D eigenvalue weighted by atomic mass is 16.6. The summed E-state index contributed by atoms with van der Waals surface area (Å²) >= 11 is 0. The van der Waals surface area contributed by atoms with Crippen molar-refractivity contribution in [3.63, 3.8) is 0 Å². The minimum Gasteiger partial charge on any atom is -0.444 e. The van der Waals surface area contributed by atoms with Crippen molar-refractivity contribution in [2.75, 3.05) is 6.54 Å². The summed E-state index contributed by atoms with van der Waals surface area (Å²) in [7, 11) is 0. The van der Waals surface area contributed by atoms with Gasteiger partial charge in [-0.3, -0.25) is 9.20 Å². The molecule has 1 amide bonds. The molecule has 0 bridgehead atoms. The fourth-order valence-electron chi connectivity index (χ4n) is 1.75. The molecule has 0 aliphatic heterocycles. The molecule has 7 nitrogen and oxygen atoms in total. The van der Waals surface area contributed by atoms with Crippen molar-refractivity contribution in [1.82, 2.24) is 19.7 Å². The summed E-state index contributed by atoms with van der Waals surface area (Å²) in [5, 5.41) is 2.55. The number of aromatic nitrogens is 3. The number of carbonyl (C=O) groups is 2. The normalized spacial score (nSPS) is 11.4. The number of amides is 1. The van der Waals surface area contributed by atoms with E-state index in [0.717, 1.165) is 0 Å². The Hall–Kier alpha value is -2.44. The number of ether oxygens (including phenoxy) is 1. The van der Waals surface area contributed by atoms with Crippen molar-refractivity contribution in [1.29, 1.82) is 0 Å². The van der Waals surface area contributed by atoms with Crippen molar-refractivity contribution >= 4 is 17.7 Å². The van der Waals surface area contributed by atoms with E-state index in [1.807, 2.05) is 0 Å². The monoisotopic (exact) mass is 290 g/mol. The maximum Gasteiger partial charge on any atom is 0.407 e. The van der Waals surface area contributed by atoms with Gasteiger partial charge in [-0.25, -0.2) is 14.8 Å². The van der Waals surface area contributed by atoms with Crippen LogP contribution in [0, 0.1) is 0 Å². The fourth-order valence-corrected chi connectivity index (χ4v) is 1.75. The molecule has 1 N–H and O–H groups in total. The van der Waals surface area contributed by atoms with Crippen LogP contribution in [0.5, 0.6) is 0 Å². The van der Waals surface area contributed by atoms with Gasteiger partial charge in [-0.15, -0.1) is 0 Å². The maximum atomic E-state index is 12.1. The van der Waals surface area contributed by atoms with E-state index < -0.39 is 11.7 Å². The summed E-state index contributed by atoms with van der Waals surface area (Å²) in [4.78, 5) is 31.7. The van der Waals surface area contributed by atoms with Gasteiger partial charge in [-0.05, 0) is 26.8 Å². The lowest BCUT2D eigenvalue weighted by molar-refractivity contribution is 0.0527. The molecular weight excluding hydrogens is 272 g/mol. The molecule has 2 rings (SSSR count). The van der Waals surface area contributed by atoms with E-state index in [2.05, 4.69) is 15.3 Å². The number of hydrogen-bond acceptors (Lipinski definition) is 5. The lowest BCUT2D eigenvalue weighted by atomic mass is 10.2. The molecule has 0 aromatic carbocycles. The molecule has 0 radical (unpaired) electrons. The average molecular weight is 290 g/mol. The quantitative estimate of drug-likeness (QED) is 0.868. The zero-order valence-electron chi connectivity index (χ0n) is 12.3. The van der Waals surface area contributed by atoms with Crippen LogP contribution in [0.4, 0.5) is 4.79 Å². The number of fused-ring (bicyclic) bond motifs is 1. The molecule has 0 fully saturated rings. The van der Waals surface area contributed by atoms with Crippen LogP contribution in [0.2, 0.25) is 0 Å². The second-order valence-corrected chi connectivity index (χ2v) is 5.53. The molecule has 0 saturated carbocycles. The van der Waals surface area contributed by atoms with Crippen LogP contribution in [0.25, 0.3) is 5.78 Å². The minimum atomic E-state index is -0.554. The highest BCUT2D eigenvalue weighted by Crippen LogP contribution is 2.08. The van der Waals surface area contributed by atoms with Crippen LogP contribution in [0.15, 0.2) is 24.7 Å². The second kappa shape index (κ2) is 5.90. The van der Waals surface area contributed by atoms with Crippen LogP contribution < -0.4 is 5.32 Å². The van der Waals surface area contributed by atoms with E-state index in [9.17, 15) is 9.59 Å². The lowest BCUT2D eigenvalue weighted by Crippen LogP contribution is -2.33. The highest BCUT2D eigenvalue weighted by molar-refractivity contribution is 5.95. The van der Waals surface area contributed by atoms with Crippen molar-refractivity contribution in [2.24, 2.45) is 0 Å². The number of ketones is 1. The Morgan fingerprint density at radius 1 is 1.33 bits per heavy atom. The van der Waals surface area contributed by atoms with Crippen LogP contribution in [0.1, 0.15) is 37.7 Å². The summed E-state index contributed by atoms with van der Waals surface area (Å²) in [5.41, 5.74) is -0.106. The van der Waals surface area contributed by atoms with Gasteiger partial charge in [0.25, 0.3) is 0 Å². The van der Waals surface area contributed by atoms with Gasteiger partial charge >= 0.3 is 6.09 Å². The summed E-state index contributed by atoms with van der Waals surface area (Å²) < 4.78 is 6.71. The summed E-state index contributed by atoms with van der Waals surface area (Å²) in [6, 6.07) is 1.73. The molecule has 0 saturated heterocycles. The first kappa shape index (κ1) is 15.0. The molecule has 112 valence electrons. The summed E-state index contributed by atoms with van der Waals surface area (Å²) in [6.45, 7) is 5.55. The number of Topliss-reactive ketones (excluding diaryl/α,β-unsaturated/α-hetero) is 1. The first-order valence-electron chi connectivity index (χ1n) is 6.65. The first-order chi connectivity index (χ1) is 9.87. The SMILES string of the molecule is CC(C)(C)OC(=O)NCCC(=O)c1cnc2ncccn12. The molecule has 0 aliphatic rings. The zero-order valence-corrected chi connectivity index (χ0v) is 12.3. The van der Waals surface area contributed by atoms with Gasteiger partial charge in [-0.1, -0.05) is 0 Å². The fraction of sp³-hybridized carbons (Fsp3) is 0.429. The maximum absolute atomic E-state index is 12.1. The third-order valence-electron chi connectivity index (χ3n) is 2.59. The van der Waals surface area contributed by atoms with Gasteiger partial charge in [0.15, 0.2) is 5.78 Å². The number of imidazole rings is 1. The Labute approximate surface area is 122 Å².